The highest BCUT2D eigenvalue weighted by atomic mass is 32.1. The maximum atomic E-state index is 9.41. The van der Waals surface area contributed by atoms with Crippen LogP contribution in [-0.4, -0.2) is 26.7 Å². The van der Waals surface area contributed by atoms with Crippen LogP contribution in [0.3, 0.4) is 0 Å². The molecular weight excluding hydrogens is 260 g/mol. The molecule has 1 unspecified atom stereocenters. The van der Waals surface area contributed by atoms with Crippen LogP contribution in [0.25, 0.3) is 0 Å². The first kappa shape index (κ1) is 14.2. The van der Waals surface area contributed by atoms with Crippen molar-refractivity contribution >= 4 is 11.3 Å². The van der Waals surface area contributed by atoms with Gasteiger partial charge in [-0.15, -0.1) is 5.10 Å². The van der Waals surface area contributed by atoms with Crippen LogP contribution in [-0.2, 0) is 12.1 Å². The molecule has 0 fully saturated rings. The Morgan fingerprint density at radius 2 is 2.26 bits per heavy atom. The number of rotatable bonds is 5. The molecule has 0 aliphatic rings. The van der Waals surface area contributed by atoms with Crippen LogP contribution in [0.15, 0.2) is 23.0 Å². The third-order valence-corrected chi connectivity index (χ3v) is 3.59. The minimum atomic E-state index is -0.0605. The van der Waals surface area contributed by atoms with Crippen molar-refractivity contribution in [3.63, 3.8) is 0 Å². The van der Waals surface area contributed by atoms with Crippen LogP contribution >= 0.6 is 11.3 Å². The molecule has 104 valence electrons. The Morgan fingerprint density at radius 1 is 1.47 bits per heavy atom. The van der Waals surface area contributed by atoms with Crippen LogP contribution < -0.4 is 5.32 Å². The van der Waals surface area contributed by atoms with E-state index < -0.39 is 0 Å². The van der Waals surface area contributed by atoms with Gasteiger partial charge < -0.3 is 10.4 Å². The second-order valence-corrected chi connectivity index (χ2v) is 6.28. The van der Waals surface area contributed by atoms with E-state index in [1.807, 2.05) is 27.7 Å². The molecule has 0 saturated carbocycles. The molecule has 1 atom stereocenters. The predicted molar refractivity (Wildman–Crippen MR) is 76.0 cm³/mol. The van der Waals surface area contributed by atoms with Crippen molar-refractivity contribution in [1.82, 2.24) is 20.3 Å². The molecule has 0 bridgehead atoms. The van der Waals surface area contributed by atoms with Gasteiger partial charge in [-0.25, -0.2) is 4.68 Å². The van der Waals surface area contributed by atoms with Crippen molar-refractivity contribution in [3.8, 4) is 0 Å². The Labute approximate surface area is 117 Å². The maximum Gasteiger partial charge on any atom is 0.0965 e. The molecule has 2 N–H and O–H groups in total. The Balaban J connectivity index is 1.96. The molecule has 2 heterocycles. The zero-order valence-electron chi connectivity index (χ0n) is 11.5. The van der Waals surface area contributed by atoms with Crippen LogP contribution in [0, 0.1) is 0 Å². The smallest absolute Gasteiger partial charge is 0.0965 e. The second-order valence-electron chi connectivity index (χ2n) is 5.50. The van der Waals surface area contributed by atoms with Gasteiger partial charge in [-0.1, -0.05) is 5.21 Å². The van der Waals surface area contributed by atoms with Gasteiger partial charge in [0.2, 0.25) is 0 Å². The van der Waals surface area contributed by atoms with Gasteiger partial charge in [0.05, 0.1) is 30.1 Å². The predicted octanol–water partition coefficient (Wildman–Crippen LogP) is 1.92. The first-order valence-electron chi connectivity index (χ1n) is 6.29. The molecule has 0 saturated heterocycles. The minimum Gasteiger partial charge on any atom is -0.394 e. The zero-order valence-corrected chi connectivity index (χ0v) is 12.3. The molecule has 0 aliphatic heterocycles. The van der Waals surface area contributed by atoms with Gasteiger partial charge >= 0.3 is 0 Å². The number of aliphatic hydroxyl groups excluding tert-OH is 1. The van der Waals surface area contributed by atoms with Gasteiger partial charge in [-0.2, -0.15) is 11.3 Å². The average Bonchev–Trinajstić information content (AvgIpc) is 2.99. The molecule has 0 amide bonds. The highest BCUT2D eigenvalue weighted by Crippen LogP contribution is 2.17. The molecule has 2 aromatic rings. The Morgan fingerprint density at radius 3 is 2.79 bits per heavy atom. The molecule has 5 nitrogen and oxygen atoms in total. The van der Waals surface area contributed by atoms with Crippen LogP contribution in [0.2, 0.25) is 0 Å². The standard InChI is InChI=1S/C13H20N4OS/c1-13(2,3)17-7-11(15-16-17)6-14-12(8-18)10-4-5-19-9-10/h4-5,7,9,12,14,18H,6,8H2,1-3H3. The maximum absolute atomic E-state index is 9.41. The summed E-state index contributed by atoms with van der Waals surface area (Å²) in [5.41, 5.74) is 1.92. The van der Waals surface area contributed by atoms with E-state index in [1.165, 1.54) is 0 Å². The largest absolute Gasteiger partial charge is 0.394 e. The molecule has 2 rings (SSSR count). The molecule has 0 aliphatic carbocycles. The highest BCUT2D eigenvalue weighted by Gasteiger charge is 2.16. The SMILES string of the molecule is CC(C)(C)n1cc(CNC(CO)c2ccsc2)nn1. The molecule has 2 aromatic heterocycles. The van der Waals surface area contributed by atoms with Gasteiger partial charge in [-0.05, 0) is 43.2 Å². The fraction of sp³-hybridized carbons (Fsp3) is 0.538. The first-order chi connectivity index (χ1) is 9.00. The lowest BCUT2D eigenvalue weighted by molar-refractivity contribution is 0.243. The molecular formula is C13H20N4OS. The fourth-order valence-corrected chi connectivity index (χ4v) is 2.41. The average molecular weight is 280 g/mol. The number of hydrogen-bond acceptors (Lipinski definition) is 5. The summed E-state index contributed by atoms with van der Waals surface area (Å²) in [6.45, 7) is 6.92. The molecule has 0 radical (unpaired) electrons. The van der Waals surface area contributed by atoms with E-state index in [9.17, 15) is 5.11 Å². The summed E-state index contributed by atoms with van der Waals surface area (Å²) in [4.78, 5) is 0. The van der Waals surface area contributed by atoms with E-state index >= 15 is 0 Å². The van der Waals surface area contributed by atoms with Crippen LogP contribution in [0.1, 0.15) is 38.1 Å². The molecule has 6 heteroatoms. The van der Waals surface area contributed by atoms with Crippen LogP contribution in [0.5, 0.6) is 0 Å². The summed E-state index contributed by atoms with van der Waals surface area (Å²) < 4.78 is 1.85. The van der Waals surface area contributed by atoms with Gasteiger partial charge in [0.1, 0.15) is 0 Å². The Kier molecular flexibility index (Phi) is 4.34. The second kappa shape index (κ2) is 5.81. The summed E-state index contributed by atoms with van der Waals surface area (Å²) >= 11 is 1.63. The van der Waals surface area contributed by atoms with Crippen molar-refractivity contribution in [3.05, 3.63) is 34.3 Å². The third-order valence-electron chi connectivity index (χ3n) is 2.89. The monoisotopic (exact) mass is 280 g/mol. The number of hydrogen-bond donors (Lipinski definition) is 2. The quantitative estimate of drug-likeness (QED) is 0.878. The summed E-state index contributed by atoms with van der Waals surface area (Å²) in [7, 11) is 0. The first-order valence-corrected chi connectivity index (χ1v) is 7.23. The molecule has 19 heavy (non-hydrogen) atoms. The van der Waals surface area contributed by atoms with Crippen molar-refractivity contribution < 1.29 is 5.11 Å². The van der Waals surface area contributed by atoms with Gasteiger partial charge in [0.25, 0.3) is 0 Å². The highest BCUT2D eigenvalue weighted by molar-refractivity contribution is 7.07. The number of nitrogens with one attached hydrogen (secondary N) is 1. The van der Waals surface area contributed by atoms with Gasteiger partial charge in [0.15, 0.2) is 0 Å². The number of thiophene rings is 1. The topological polar surface area (TPSA) is 63.0 Å². The lowest BCUT2D eigenvalue weighted by atomic mass is 10.1. The molecule has 0 aromatic carbocycles. The van der Waals surface area contributed by atoms with Gasteiger partial charge in [-0.3, -0.25) is 0 Å². The van der Waals surface area contributed by atoms with Crippen molar-refractivity contribution in [1.29, 1.82) is 0 Å². The van der Waals surface area contributed by atoms with E-state index in [0.29, 0.717) is 6.54 Å². The van der Waals surface area contributed by atoms with Gasteiger partial charge in [0, 0.05) is 6.54 Å². The van der Waals surface area contributed by atoms with E-state index in [0.717, 1.165) is 11.3 Å². The van der Waals surface area contributed by atoms with E-state index in [-0.39, 0.29) is 18.2 Å². The number of nitrogens with zero attached hydrogens (tertiary/aromatic N) is 3. The molecule has 0 spiro atoms. The Bertz CT molecular complexity index is 501. The van der Waals surface area contributed by atoms with Crippen molar-refractivity contribution in [2.75, 3.05) is 6.61 Å². The lowest BCUT2D eigenvalue weighted by Crippen LogP contribution is -2.24. The summed E-state index contributed by atoms with van der Waals surface area (Å²) in [5.74, 6) is 0. The lowest BCUT2D eigenvalue weighted by Gasteiger charge is -2.17. The third kappa shape index (κ3) is 3.62. The van der Waals surface area contributed by atoms with E-state index in [4.69, 9.17) is 0 Å². The zero-order chi connectivity index (χ0) is 13.9. The number of aromatic nitrogens is 3. The van der Waals surface area contributed by atoms with E-state index in [1.54, 1.807) is 11.3 Å². The minimum absolute atomic E-state index is 0.0500. The van der Waals surface area contributed by atoms with E-state index in [2.05, 4.69) is 36.4 Å². The summed E-state index contributed by atoms with van der Waals surface area (Å²) in [6.07, 6.45) is 1.94. The Hall–Kier alpha value is -1.24. The van der Waals surface area contributed by atoms with Crippen LogP contribution in [0.4, 0.5) is 0 Å². The fourth-order valence-electron chi connectivity index (χ4n) is 1.70. The van der Waals surface area contributed by atoms with Crippen molar-refractivity contribution in [2.45, 2.75) is 38.9 Å². The summed E-state index contributed by atoms with van der Waals surface area (Å²) in [5, 5.41) is 25.0. The number of aliphatic hydroxyl groups is 1. The summed E-state index contributed by atoms with van der Waals surface area (Å²) in [6, 6.07) is 1.97. The normalized spacial score (nSPS) is 13.7. The van der Waals surface area contributed by atoms with Crippen molar-refractivity contribution in [2.24, 2.45) is 0 Å².